The Labute approximate surface area is 139 Å². The van der Waals surface area contributed by atoms with Crippen molar-refractivity contribution in [2.24, 2.45) is 0 Å². The summed E-state index contributed by atoms with van der Waals surface area (Å²) in [6.07, 6.45) is 3.23. The predicted molar refractivity (Wildman–Crippen MR) is 93.2 cm³/mol. The van der Waals surface area contributed by atoms with Crippen LogP contribution in [0.5, 0.6) is 0 Å². The Morgan fingerprint density at radius 3 is 2.65 bits per heavy atom. The van der Waals surface area contributed by atoms with Gasteiger partial charge >= 0.3 is 0 Å². The summed E-state index contributed by atoms with van der Waals surface area (Å²) in [4.78, 5) is 29.8. The Kier molecular flexibility index (Phi) is 6.05. The van der Waals surface area contributed by atoms with Gasteiger partial charge in [-0.1, -0.05) is 30.3 Å². The molecule has 0 spiro atoms. The van der Waals surface area contributed by atoms with Crippen molar-refractivity contribution in [3.8, 4) is 0 Å². The number of benzene rings is 1. The van der Waals surface area contributed by atoms with Gasteiger partial charge in [-0.05, 0) is 25.5 Å². The van der Waals surface area contributed by atoms with Crippen molar-refractivity contribution in [3.05, 3.63) is 53.0 Å². The molecule has 1 N–H and O–H groups in total. The fourth-order valence-corrected chi connectivity index (χ4v) is 2.63. The largest absolute Gasteiger partial charge is 0.330 e. The summed E-state index contributed by atoms with van der Waals surface area (Å²) in [6.45, 7) is 4.17. The van der Waals surface area contributed by atoms with Gasteiger partial charge in [0.2, 0.25) is 11.8 Å². The van der Waals surface area contributed by atoms with Gasteiger partial charge in [-0.3, -0.25) is 9.59 Å². The third-order valence-electron chi connectivity index (χ3n) is 3.11. The molecule has 5 nitrogen and oxygen atoms in total. The monoisotopic (exact) mass is 329 g/mol. The molecule has 0 radical (unpaired) electrons. The van der Waals surface area contributed by atoms with Crippen LogP contribution < -0.4 is 5.32 Å². The number of aryl methyl sites for hydroxylation is 1. The highest BCUT2D eigenvalue weighted by atomic mass is 32.1. The molecule has 0 unspecified atom stereocenters. The Hall–Kier alpha value is -2.47. The quantitative estimate of drug-likeness (QED) is 0.829. The molecule has 0 fully saturated rings. The van der Waals surface area contributed by atoms with Gasteiger partial charge in [0.1, 0.15) is 6.54 Å². The molecule has 0 atom stereocenters. The first-order valence-electron chi connectivity index (χ1n) is 7.32. The van der Waals surface area contributed by atoms with Crippen molar-refractivity contribution in [2.75, 3.05) is 18.4 Å². The Morgan fingerprint density at radius 1 is 1.30 bits per heavy atom. The number of likely N-dealkylation sites (N-methyl/N-ethyl adjacent to an activating group) is 1. The zero-order valence-electron chi connectivity index (χ0n) is 13.2. The normalized spacial score (nSPS) is 10.7. The van der Waals surface area contributed by atoms with Crippen LogP contribution in [0.1, 0.15) is 18.2 Å². The number of carbonyl (C=O) groups is 2. The van der Waals surface area contributed by atoms with Gasteiger partial charge in [-0.15, -0.1) is 11.3 Å². The molecule has 23 heavy (non-hydrogen) atoms. The highest BCUT2D eigenvalue weighted by Gasteiger charge is 2.14. The average Bonchev–Trinajstić information content (AvgIpc) is 2.96. The number of nitrogens with zero attached hydrogens (tertiary/aromatic N) is 2. The van der Waals surface area contributed by atoms with Gasteiger partial charge in [0.15, 0.2) is 5.13 Å². The zero-order chi connectivity index (χ0) is 16.7. The molecular weight excluding hydrogens is 310 g/mol. The first-order chi connectivity index (χ1) is 11.1. The summed E-state index contributed by atoms with van der Waals surface area (Å²) in [7, 11) is 0. The number of amides is 2. The maximum Gasteiger partial charge on any atom is 0.247 e. The summed E-state index contributed by atoms with van der Waals surface area (Å²) in [5.74, 6) is -0.440. The molecule has 6 heteroatoms. The second-order valence-electron chi connectivity index (χ2n) is 4.94. The maximum absolute atomic E-state index is 12.2. The van der Waals surface area contributed by atoms with Crippen LogP contribution in [0.25, 0.3) is 6.08 Å². The molecule has 0 aliphatic carbocycles. The summed E-state index contributed by atoms with van der Waals surface area (Å²) < 4.78 is 0. The maximum atomic E-state index is 12.2. The number of hydrogen-bond donors (Lipinski definition) is 1. The Balaban J connectivity index is 1.92. The fraction of sp³-hybridized carbons (Fsp3) is 0.235. The van der Waals surface area contributed by atoms with Crippen LogP contribution in [0.3, 0.4) is 0 Å². The lowest BCUT2D eigenvalue weighted by atomic mass is 10.2. The number of carbonyl (C=O) groups excluding carboxylic acids is 2. The summed E-state index contributed by atoms with van der Waals surface area (Å²) >= 11 is 1.37. The number of rotatable bonds is 6. The van der Waals surface area contributed by atoms with Crippen molar-refractivity contribution in [1.82, 2.24) is 9.88 Å². The van der Waals surface area contributed by atoms with Crippen LogP contribution in [-0.4, -0.2) is 34.8 Å². The molecule has 0 bridgehead atoms. The number of hydrogen-bond acceptors (Lipinski definition) is 4. The lowest BCUT2D eigenvalue weighted by Crippen LogP contribution is -2.36. The molecule has 2 aromatic rings. The topological polar surface area (TPSA) is 62.3 Å². The van der Waals surface area contributed by atoms with E-state index < -0.39 is 0 Å². The van der Waals surface area contributed by atoms with Gasteiger partial charge in [0.05, 0.1) is 5.69 Å². The molecule has 2 rings (SSSR count). The SMILES string of the molecule is CCN(CC(=O)Nc1nc(C)cs1)C(=O)C=Cc1ccccc1. The van der Waals surface area contributed by atoms with E-state index in [1.165, 1.54) is 22.3 Å². The Bertz CT molecular complexity index is 695. The molecule has 0 aliphatic rings. The van der Waals surface area contributed by atoms with Gasteiger partial charge in [-0.2, -0.15) is 0 Å². The van der Waals surface area contributed by atoms with E-state index in [1.807, 2.05) is 49.6 Å². The van der Waals surface area contributed by atoms with E-state index >= 15 is 0 Å². The van der Waals surface area contributed by atoms with Gasteiger partial charge in [0.25, 0.3) is 0 Å². The molecule has 1 aromatic heterocycles. The van der Waals surface area contributed by atoms with Crippen LogP contribution >= 0.6 is 11.3 Å². The molecule has 1 aromatic carbocycles. The van der Waals surface area contributed by atoms with Crippen molar-refractivity contribution < 1.29 is 9.59 Å². The Morgan fingerprint density at radius 2 is 2.04 bits per heavy atom. The van der Waals surface area contributed by atoms with E-state index in [2.05, 4.69) is 10.3 Å². The van der Waals surface area contributed by atoms with Crippen molar-refractivity contribution >= 4 is 34.4 Å². The van der Waals surface area contributed by atoms with Crippen LogP contribution in [0.4, 0.5) is 5.13 Å². The fourth-order valence-electron chi connectivity index (χ4n) is 1.93. The van der Waals surface area contributed by atoms with E-state index in [-0.39, 0.29) is 18.4 Å². The smallest absolute Gasteiger partial charge is 0.247 e. The molecule has 0 saturated carbocycles. The number of anilines is 1. The van der Waals surface area contributed by atoms with Crippen LogP contribution in [-0.2, 0) is 9.59 Å². The predicted octanol–water partition coefficient (Wildman–Crippen LogP) is 2.95. The van der Waals surface area contributed by atoms with E-state index in [0.29, 0.717) is 11.7 Å². The summed E-state index contributed by atoms with van der Waals surface area (Å²) in [5, 5.41) is 5.12. The van der Waals surface area contributed by atoms with Gasteiger partial charge in [-0.25, -0.2) is 4.98 Å². The minimum Gasteiger partial charge on any atom is -0.330 e. The van der Waals surface area contributed by atoms with E-state index in [9.17, 15) is 9.59 Å². The minimum absolute atomic E-state index is 0.00703. The molecule has 120 valence electrons. The van der Waals surface area contributed by atoms with E-state index in [0.717, 1.165) is 11.3 Å². The molecule has 2 amide bonds. The van der Waals surface area contributed by atoms with Crippen LogP contribution in [0, 0.1) is 6.92 Å². The zero-order valence-corrected chi connectivity index (χ0v) is 14.0. The first kappa shape index (κ1) is 16.9. The van der Waals surface area contributed by atoms with Crippen LogP contribution in [0.2, 0.25) is 0 Å². The molecule has 1 heterocycles. The standard InChI is InChI=1S/C17H19N3O2S/c1-3-20(11-15(21)19-17-18-13(2)12-23-17)16(22)10-9-14-7-5-4-6-8-14/h4-10,12H,3,11H2,1-2H3,(H,18,19,21). The second kappa shape index (κ2) is 8.24. The lowest BCUT2D eigenvalue weighted by molar-refractivity contribution is -0.130. The second-order valence-corrected chi connectivity index (χ2v) is 5.80. The van der Waals surface area contributed by atoms with Crippen molar-refractivity contribution in [2.45, 2.75) is 13.8 Å². The summed E-state index contributed by atoms with van der Waals surface area (Å²) in [6, 6.07) is 9.56. The van der Waals surface area contributed by atoms with E-state index in [4.69, 9.17) is 0 Å². The van der Waals surface area contributed by atoms with Gasteiger partial charge < -0.3 is 10.2 Å². The number of thiazole rings is 1. The van der Waals surface area contributed by atoms with Crippen molar-refractivity contribution in [1.29, 1.82) is 0 Å². The first-order valence-corrected chi connectivity index (χ1v) is 8.20. The number of nitrogens with one attached hydrogen (secondary N) is 1. The molecule has 0 saturated heterocycles. The third kappa shape index (κ3) is 5.34. The third-order valence-corrected chi connectivity index (χ3v) is 3.99. The minimum atomic E-state index is -0.248. The molecular formula is C17H19N3O2S. The highest BCUT2D eigenvalue weighted by molar-refractivity contribution is 7.13. The summed E-state index contributed by atoms with van der Waals surface area (Å²) in [5.41, 5.74) is 1.80. The average molecular weight is 329 g/mol. The molecule has 0 aliphatic heterocycles. The van der Waals surface area contributed by atoms with Gasteiger partial charge in [0, 0.05) is 18.0 Å². The highest BCUT2D eigenvalue weighted by Crippen LogP contribution is 2.14. The van der Waals surface area contributed by atoms with Crippen LogP contribution in [0.15, 0.2) is 41.8 Å². The van der Waals surface area contributed by atoms with Crippen molar-refractivity contribution in [3.63, 3.8) is 0 Å². The number of aromatic nitrogens is 1. The van der Waals surface area contributed by atoms with E-state index in [1.54, 1.807) is 6.08 Å². The lowest BCUT2D eigenvalue weighted by Gasteiger charge is -2.18.